The minimum atomic E-state index is -0.298. The summed E-state index contributed by atoms with van der Waals surface area (Å²) in [7, 11) is 1.38. The number of nitrogens with one attached hydrogen (secondary N) is 1. The van der Waals surface area contributed by atoms with Gasteiger partial charge in [-0.05, 0) is 19.8 Å². The Hall–Kier alpha value is -0.870. The lowest BCUT2D eigenvalue weighted by Crippen LogP contribution is -2.39. The molecule has 1 aliphatic carbocycles. The van der Waals surface area contributed by atoms with Gasteiger partial charge in [-0.1, -0.05) is 25.3 Å². The molecule has 2 atom stereocenters. The normalized spacial score (nSPS) is 26.4. The maximum atomic E-state index is 11.1. The second-order valence-corrected chi connectivity index (χ2v) is 4.60. The molecule has 0 amide bonds. The maximum absolute atomic E-state index is 11.1. The van der Waals surface area contributed by atoms with Gasteiger partial charge in [0.15, 0.2) is 0 Å². The van der Waals surface area contributed by atoms with Crippen molar-refractivity contribution in [3.63, 3.8) is 0 Å². The molecular weight excluding hydrogens is 218 g/mol. The third kappa shape index (κ3) is 4.88. The fraction of sp³-hybridized carbons (Fsp3) is 0.769. The molecule has 0 aliphatic heterocycles. The number of carbonyl (C=O) groups is 1. The topological polar surface area (TPSA) is 58.6 Å². The largest absolute Gasteiger partial charge is 0.466 e. The second-order valence-electron chi connectivity index (χ2n) is 4.60. The number of rotatable bonds is 4. The lowest BCUT2D eigenvalue weighted by atomic mass is 10.1. The van der Waals surface area contributed by atoms with Gasteiger partial charge in [-0.25, -0.2) is 4.79 Å². The van der Waals surface area contributed by atoms with E-state index in [1.165, 1.54) is 13.5 Å². The van der Waals surface area contributed by atoms with Crippen molar-refractivity contribution in [3.8, 4) is 0 Å². The predicted octanol–water partition coefficient (Wildman–Crippen LogP) is 1.39. The Kier molecular flexibility index (Phi) is 6.22. The van der Waals surface area contributed by atoms with Crippen LogP contribution in [-0.4, -0.2) is 36.9 Å². The van der Waals surface area contributed by atoms with E-state index in [1.807, 2.05) is 6.08 Å². The first-order valence-corrected chi connectivity index (χ1v) is 6.31. The zero-order chi connectivity index (χ0) is 12.7. The number of ether oxygens (including phenoxy) is 1. The van der Waals surface area contributed by atoms with E-state index < -0.39 is 0 Å². The van der Waals surface area contributed by atoms with E-state index in [-0.39, 0.29) is 18.1 Å². The van der Waals surface area contributed by atoms with Crippen LogP contribution in [0.3, 0.4) is 0 Å². The van der Waals surface area contributed by atoms with Crippen molar-refractivity contribution in [2.45, 2.75) is 51.2 Å². The number of esters is 1. The Labute approximate surface area is 103 Å². The van der Waals surface area contributed by atoms with Crippen LogP contribution >= 0.6 is 0 Å². The molecule has 0 aromatic carbocycles. The van der Waals surface area contributed by atoms with Crippen molar-refractivity contribution in [1.29, 1.82) is 0 Å². The van der Waals surface area contributed by atoms with Gasteiger partial charge in [0, 0.05) is 18.2 Å². The fourth-order valence-corrected chi connectivity index (χ4v) is 2.13. The highest BCUT2D eigenvalue weighted by atomic mass is 16.5. The van der Waals surface area contributed by atoms with Crippen LogP contribution in [0.5, 0.6) is 0 Å². The molecule has 2 unspecified atom stereocenters. The van der Waals surface area contributed by atoms with Crippen LogP contribution in [0.2, 0.25) is 0 Å². The lowest BCUT2D eigenvalue weighted by molar-refractivity contribution is -0.136. The summed E-state index contributed by atoms with van der Waals surface area (Å²) in [6.07, 6.45) is 6.90. The van der Waals surface area contributed by atoms with Crippen LogP contribution in [0.15, 0.2) is 11.6 Å². The Morgan fingerprint density at radius 2 is 2.12 bits per heavy atom. The van der Waals surface area contributed by atoms with Crippen LogP contribution < -0.4 is 5.32 Å². The molecule has 0 spiro atoms. The van der Waals surface area contributed by atoms with Gasteiger partial charge in [0.1, 0.15) is 0 Å². The van der Waals surface area contributed by atoms with Crippen molar-refractivity contribution in [1.82, 2.24) is 5.32 Å². The first kappa shape index (κ1) is 14.2. The second kappa shape index (κ2) is 7.45. The molecule has 0 bridgehead atoms. The van der Waals surface area contributed by atoms with E-state index in [0.29, 0.717) is 12.1 Å². The highest BCUT2D eigenvalue weighted by Crippen LogP contribution is 2.17. The standard InChI is InChI=1S/C13H23NO3/c1-10(13(16)17-2)8-9-14-11-6-4-3-5-7-12(11)15/h8,11-12,14-15H,3-7,9H2,1-2H3. The number of hydrogen-bond donors (Lipinski definition) is 2. The zero-order valence-electron chi connectivity index (χ0n) is 10.7. The molecule has 17 heavy (non-hydrogen) atoms. The highest BCUT2D eigenvalue weighted by Gasteiger charge is 2.20. The van der Waals surface area contributed by atoms with Crippen molar-refractivity contribution in [3.05, 3.63) is 11.6 Å². The molecule has 0 radical (unpaired) electrons. The van der Waals surface area contributed by atoms with Gasteiger partial charge >= 0.3 is 5.97 Å². The Morgan fingerprint density at radius 3 is 2.82 bits per heavy atom. The van der Waals surface area contributed by atoms with E-state index in [0.717, 1.165) is 25.7 Å². The lowest BCUT2D eigenvalue weighted by Gasteiger charge is -2.21. The summed E-state index contributed by atoms with van der Waals surface area (Å²) in [6.45, 7) is 2.33. The van der Waals surface area contributed by atoms with E-state index in [1.54, 1.807) is 6.92 Å². The van der Waals surface area contributed by atoms with Crippen LogP contribution in [0.1, 0.15) is 39.0 Å². The molecule has 0 saturated heterocycles. The van der Waals surface area contributed by atoms with E-state index >= 15 is 0 Å². The molecule has 1 fully saturated rings. The number of aliphatic hydroxyl groups is 1. The number of methoxy groups -OCH3 is 1. The molecule has 1 rings (SSSR count). The molecule has 1 saturated carbocycles. The molecule has 1 aliphatic rings. The molecule has 0 aromatic rings. The Morgan fingerprint density at radius 1 is 1.41 bits per heavy atom. The van der Waals surface area contributed by atoms with Crippen LogP contribution in [0.25, 0.3) is 0 Å². The molecule has 98 valence electrons. The zero-order valence-corrected chi connectivity index (χ0v) is 10.7. The average molecular weight is 241 g/mol. The molecule has 4 heteroatoms. The van der Waals surface area contributed by atoms with Crippen LogP contribution in [0, 0.1) is 0 Å². The molecule has 0 aromatic heterocycles. The number of carbonyl (C=O) groups excluding carboxylic acids is 1. The number of hydrogen-bond acceptors (Lipinski definition) is 4. The molecular formula is C13H23NO3. The first-order valence-electron chi connectivity index (χ1n) is 6.31. The monoisotopic (exact) mass is 241 g/mol. The first-order chi connectivity index (χ1) is 8.15. The van der Waals surface area contributed by atoms with Gasteiger partial charge in [0.25, 0.3) is 0 Å². The van der Waals surface area contributed by atoms with Gasteiger partial charge in [0.2, 0.25) is 0 Å². The van der Waals surface area contributed by atoms with Crippen molar-refractivity contribution < 1.29 is 14.6 Å². The summed E-state index contributed by atoms with van der Waals surface area (Å²) < 4.78 is 4.61. The summed E-state index contributed by atoms with van der Waals surface area (Å²) in [6, 6.07) is 0.152. The predicted molar refractivity (Wildman–Crippen MR) is 66.7 cm³/mol. The van der Waals surface area contributed by atoms with E-state index in [2.05, 4.69) is 10.1 Å². The van der Waals surface area contributed by atoms with Gasteiger partial charge in [-0.15, -0.1) is 0 Å². The summed E-state index contributed by atoms with van der Waals surface area (Å²) in [5.74, 6) is -0.298. The van der Waals surface area contributed by atoms with E-state index in [9.17, 15) is 9.90 Å². The smallest absolute Gasteiger partial charge is 0.333 e. The third-order valence-electron chi connectivity index (χ3n) is 3.28. The summed E-state index contributed by atoms with van der Waals surface area (Å²) in [4.78, 5) is 11.1. The summed E-state index contributed by atoms with van der Waals surface area (Å²) >= 11 is 0. The number of aliphatic hydroxyl groups excluding tert-OH is 1. The van der Waals surface area contributed by atoms with Gasteiger partial charge in [0.05, 0.1) is 13.2 Å². The maximum Gasteiger partial charge on any atom is 0.333 e. The molecule has 0 heterocycles. The van der Waals surface area contributed by atoms with Crippen molar-refractivity contribution in [2.24, 2.45) is 0 Å². The minimum Gasteiger partial charge on any atom is -0.466 e. The van der Waals surface area contributed by atoms with Crippen molar-refractivity contribution >= 4 is 5.97 Å². The third-order valence-corrected chi connectivity index (χ3v) is 3.28. The van der Waals surface area contributed by atoms with Crippen LogP contribution in [0.4, 0.5) is 0 Å². The quantitative estimate of drug-likeness (QED) is 0.443. The fourth-order valence-electron chi connectivity index (χ4n) is 2.13. The van der Waals surface area contributed by atoms with E-state index in [4.69, 9.17) is 0 Å². The Balaban J connectivity index is 2.36. The van der Waals surface area contributed by atoms with Gasteiger partial charge < -0.3 is 15.2 Å². The highest BCUT2D eigenvalue weighted by molar-refractivity contribution is 5.87. The Bertz CT molecular complexity index is 276. The summed E-state index contributed by atoms with van der Waals surface area (Å²) in [5.41, 5.74) is 0.600. The van der Waals surface area contributed by atoms with Gasteiger partial charge in [-0.3, -0.25) is 0 Å². The minimum absolute atomic E-state index is 0.152. The molecule has 4 nitrogen and oxygen atoms in total. The average Bonchev–Trinajstić information content (AvgIpc) is 2.53. The van der Waals surface area contributed by atoms with Crippen molar-refractivity contribution in [2.75, 3.05) is 13.7 Å². The summed E-state index contributed by atoms with van der Waals surface area (Å²) in [5, 5.41) is 13.2. The molecule has 2 N–H and O–H groups in total. The van der Waals surface area contributed by atoms with Crippen LogP contribution in [-0.2, 0) is 9.53 Å². The SMILES string of the molecule is COC(=O)C(C)=CCNC1CCCCCC1O. The van der Waals surface area contributed by atoms with Gasteiger partial charge in [-0.2, -0.15) is 0 Å².